The number of hydrogen-bond donors (Lipinski definition) is 1. The molecule has 0 fully saturated rings. The highest BCUT2D eigenvalue weighted by molar-refractivity contribution is 5.98. The Labute approximate surface area is 105 Å². The van der Waals surface area contributed by atoms with Crippen LogP contribution in [0.5, 0.6) is 0 Å². The van der Waals surface area contributed by atoms with Gasteiger partial charge in [-0.2, -0.15) is 5.10 Å². The fraction of sp³-hybridized carbons (Fsp3) is 0.231. The zero-order valence-corrected chi connectivity index (χ0v) is 10.4. The molecule has 5 heteroatoms. The topological polar surface area (TPSA) is 70.1 Å². The third-order valence-electron chi connectivity index (χ3n) is 2.72. The number of nitrogens with two attached hydrogens (primary N) is 1. The smallest absolute Gasteiger partial charge is 0.338 e. The van der Waals surface area contributed by atoms with Gasteiger partial charge < -0.3 is 10.5 Å². The maximum Gasteiger partial charge on any atom is 0.338 e. The van der Waals surface area contributed by atoms with E-state index in [1.807, 2.05) is 13.1 Å². The molecule has 1 heterocycles. The third-order valence-corrected chi connectivity index (χ3v) is 2.72. The molecule has 0 amide bonds. The van der Waals surface area contributed by atoms with Gasteiger partial charge in [0.2, 0.25) is 0 Å². The van der Waals surface area contributed by atoms with E-state index in [2.05, 4.69) is 5.10 Å². The second kappa shape index (κ2) is 4.91. The molecule has 0 radical (unpaired) electrons. The van der Waals surface area contributed by atoms with Crippen molar-refractivity contribution < 1.29 is 9.53 Å². The highest BCUT2D eigenvalue weighted by atomic mass is 16.5. The number of carbonyl (C=O) groups is 1. The minimum absolute atomic E-state index is 0.401. The number of benzene rings is 1. The largest absolute Gasteiger partial charge is 0.465 e. The highest BCUT2D eigenvalue weighted by Crippen LogP contribution is 2.25. The minimum Gasteiger partial charge on any atom is -0.465 e. The summed E-state index contributed by atoms with van der Waals surface area (Å²) < 4.78 is 6.56. The van der Waals surface area contributed by atoms with Gasteiger partial charge in [-0.25, -0.2) is 4.79 Å². The van der Waals surface area contributed by atoms with E-state index in [1.54, 1.807) is 29.1 Å². The van der Waals surface area contributed by atoms with Crippen LogP contribution >= 0.6 is 0 Å². The normalized spacial score (nSPS) is 10.3. The van der Waals surface area contributed by atoms with Crippen LogP contribution in [-0.4, -0.2) is 22.9 Å². The molecule has 2 aromatic rings. The van der Waals surface area contributed by atoms with Crippen LogP contribution in [0.2, 0.25) is 0 Å². The number of methoxy groups -OCH3 is 1. The fourth-order valence-electron chi connectivity index (χ4n) is 1.77. The molecule has 1 aromatic carbocycles. The van der Waals surface area contributed by atoms with E-state index in [9.17, 15) is 4.79 Å². The summed E-state index contributed by atoms with van der Waals surface area (Å²) in [5.41, 5.74) is 8.33. The molecule has 18 heavy (non-hydrogen) atoms. The van der Waals surface area contributed by atoms with E-state index >= 15 is 0 Å². The Morgan fingerprint density at radius 2 is 2.28 bits per heavy atom. The van der Waals surface area contributed by atoms with Crippen molar-refractivity contribution in [3.05, 3.63) is 36.2 Å². The van der Waals surface area contributed by atoms with Crippen LogP contribution in [0.15, 0.2) is 30.6 Å². The second-order valence-corrected chi connectivity index (χ2v) is 3.88. The van der Waals surface area contributed by atoms with E-state index in [4.69, 9.17) is 10.5 Å². The first-order valence-electron chi connectivity index (χ1n) is 5.66. The molecule has 0 saturated heterocycles. The fourth-order valence-corrected chi connectivity index (χ4v) is 1.77. The first-order valence-corrected chi connectivity index (χ1v) is 5.66. The zero-order chi connectivity index (χ0) is 13.1. The quantitative estimate of drug-likeness (QED) is 0.662. The lowest BCUT2D eigenvalue weighted by atomic mass is 10.0. The van der Waals surface area contributed by atoms with E-state index in [-0.39, 0.29) is 0 Å². The van der Waals surface area contributed by atoms with Crippen molar-refractivity contribution in [3.63, 3.8) is 0 Å². The molecular formula is C13H15N3O2. The molecule has 0 saturated carbocycles. The van der Waals surface area contributed by atoms with Gasteiger partial charge >= 0.3 is 5.97 Å². The number of rotatable bonds is 3. The van der Waals surface area contributed by atoms with Crippen molar-refractivity contribution >= 4 is 11.7 Å². The standard InChI is InChI=1S/C13H15N3O2/c1-3-16-8-9(7-15-16)11-5-4-10(14)6-12(11)13(17)18-2/h4-8H,3,14H2,1-2H3. The molecule has 0 spiro atoms. The Kier molecular flexibility index (Phi) is 3.32. The van der Waals surface area contributed by atoms with Crippen LogP contribution in [0, 0.1) is 0 Å². The molecule has 0 bridgehead atoms. The lowest BCUT2D eigenvalue weighted by Gasteiger charge is -2.07. The summed E-state index contributed by atoms with van der Waals surface area (Å²) in [6, 6.07) is 5.17. The van der Waals surface area contributed by atoms with Gasteiger partial charge in [0, 0.05) is 24.0 Å². The average Bonchev–Trinajstić information content (AvgIpc) is 2.86. The molecule has 0 unspecified atom stereocenters. The van der Waals surface area contributed by atoms with E-state index < -0.39 is 5.97 Å². The van der Waals surface area contributed by atoms with Crippen molar-refractivity contribution in [1.82, 2.24) is 9.78 Å². The maximum atomic E-state index is 11.7. The number of hydrogen-bond acceptors (Lipinski definition) is 4. The molecule has 2 N–H and O–H groups in total. The van der Waals surface area contributed by atoms with Gasteiger partial charge in [-0.05, 0) is 24.6 Å². The summed E-state index contributed by atoms with van der Waals surface area (Å²) in [4.78, 5) is 11.7. The molecule has 1 aromatic heterocycles. The number of nitrogens with zero attached hydrogens (tertiary/aromatic N) is 2. The van der Waals surface area contributed by atoms with Crippen molar-refractivity contribution in [1.29, 1.82) is 0 Å². The van der Waals surface area contributed by atoms with Crippen molar-refractivity contribution in [3.8, 4) is 11.1 Å². The van der Waals surface area contributed by atoms with E-state index in [0.29, 0.717) is 11.3 Å². The number of ether oxygens (including phenoxy) is 1. The van der Waals surface area contributed by atoms with Crippen molar-refractivity contribution in [2.24, 2.45) is 0 Å². The molecule has 0 aliphatic heterocycles. The lowest BCUT2D eigenvalue weighted by molar-refractivity contribution is 0.0601. The van der Waals surface area contributed by atoms with Gasteiger partial charge in [0.1, 0.15) is 0 Å². The summed E-state index contributed by atoms with van der Waals surface area (Å²) in [6.07, 6.45) is 3.61. The predicted molar refractivity (Wildman–Crippen MR) is 69.1 cm³/mol. The van der Waals surface area contributed by atoms with E-state index in [0.717, 1.165) is 17.7 Å². The van der Waals surface area contributed by atoms with Crippen molar-refractivity contribution in [2.45, 2.75) is 13.5 Å². The maximum absolute atomic E-state index is 11.7. The Balaban J connectivity index is 2.52. The van der Waals surface area contributed by atoms with Crippen LogP contribution < -0.4 is 5.73 Å². The van der Waals surface area contributed by atoms with Gasteiger partial charge in [-0.1, -0.05) is 6.07 Å². The summed E-state index contributed by atoms with van der Waals surface area (Å²) >= 11 is 0. The monoisotopic (exact) mass is 245 g/mol. The summed E-state index contributed by atoms with van der Waals surface area (Å²) in [6.45, 7) is 2.78. The Morgan fingerprint density at radius 1 is 1.50 bits per heavy atom. The molecular weight excluding hydrogens is 230 g/mol. The van der Waals surface area contributed by atoms with Crippen LogP contribution in [0.25, 0.3) is 11.1 Å². The summed E-state index contributed by atoms with van der Waals surface area (Å²) in [5.74, 6) is -0.401. The summed E-state index contributed by atoms with van der Waals surface area (Å²) in [5, 5.41) is 4.19. The van der Waals surface area contributed by atoms with Crippen LogP contribution in [0.1, 0.15) is 17.3 Å². The molecule has 5 nitrogen and oxygen atoms in total. The van der Waals surface area contributed by atoms with Gasteiger partial charge in [0.05, 0.1) is 18.9 Å². The second-order valence-electron chi connectivity index (χ2n) is 3.88. The van der Waals surface area contributed by atoms with Gasteiger partial charge in [0.25, 0.3) is 0 Å². The Hall–Kier alpha value is -2.30. The summed E-state index contributed by atoms with van der Waals surface area (Å²) in [7, 11) is 1.35. The number of carbonyl (C=O) groups excluding carboxylic acids is 1. The average molecular weight is 245 g/mol. The van der Waals surface area contributed by atoms with E-state index in [1.165, 1.54) is 7.11 Å². The SMILES string of the molecule is CCn1cc(-c2ccc(N)cc2C(=O)OC)cn1. The molecule has 2 rings (SSSR count). The number of nitrogen functional groups attached to an aromatic ring is 1. The number of esters is 1. The highest BCUT2D eigenvalue weighted by Gasteiger charge is 2.14. The molecule has 94 valence electrons. The zero-order valence-electron chi connectivity index (χ0n) is 10.4. The van der Waals surface area contributed by atoms with Gasteiger partial charge in [0.15, 0.2) is 0 Å². The Bertz CT molecular complexity index is 575. The first-order chi connectivity index (χ1) is 8.65. The van der Waals surface area contributed by atoms with Crippen LogP contribution in [0.3, 0.4) is 0 Å². The first kappa shape index (κ1) is 12.2. The lowest BCUT2D eigenvalue weighted by Crippen LogP contribution is -2.04. The number of aryl methyl sites for hydroxylation is 1. The molecule has 0 aliphatic rings. The number of aromatic nitrogens is 2. The Morgan fingerprint density at radius 3 is 2.89 bits per heavy atom. The molecule has 0 aliphatic carbocycles. The van der Waals surface area contributed by atoms with Crippen LogP contribution in [0.4, 0.5) is 5.69 Å². The third kappa shape index (κ3) is 2.20. The van der Waals surface area contributed by atoms with Crippen molar-refractivity contribution in [2.75, 3.05) is 12.8 Å². The predicted octanol–water partition coefficient (Wildman–Crippen LogP) is 1.94. The number of anilines is 1. The minimum atomic E-state index is -0.401. The molecule has 0 atom stereocenters. The van der Waals surface area contributed by atoms with Gasteiger partial charge in [-0.15, -0.1) is 0 Å². The van der Waals surface area contributed by atoms with Crippen LogP contribution in [-0.2, 0) is 11.3 Å². The van der Waals surface area contributed by atoms with Gasteiger partial charge in [-0.3, -0.25) is 4.68 Å².